The van der Waals surface area contributed by atoms with Crippen LogP contribution in [0.2, 0.25) is 0 Å². The molecule has 0 saturated carbocycles. The molecule has 61 heavy (non-hydrogen) atoms. The fourth-order valence-electron chi connectivity index (χ4n) is 6.26. The van der Waals surface area contributed by atoms with Crippen molar-refractivity contribution in [2.45, 2.75) is 252 Å². The van der Waals surface area contributed by atoms with Gasteiger partial charge in [-0.1, -0.05) is 190 Å². The van der Waals surface area contributed by atoms with E-state index in [1.54, 1.807) is 0 Å². The number of hydrogen-bond acceptors (Lipinski definition) is 3. The van der Waals surface area contributed by atoms with E-state index in [0.717, 1.165) is 77.0 Å². The van der Waals surface area contributed by atoms with Crippen molar-refractivity contribution in [3.8, 4) is 0 Å². The van der Waals surface area contributed by atoms with E-state index in [2.05, 4.69) is 93.7 Å². The molecule has 0 saturated heterocycles. The second kappa shape index (κ2) is 62.5. The van der Waals surface area contributed by atoms with Gasteiger partial charge in [0.2, 0.25) is 0 Å². The van der Waals surface area contributed by atoms with Crippen LogP contribution in [0.3, 0.4) is 0 Å². The number of rotatable bonds is 42. The number of aliphatic carboxylic acids is 3. The molecule has 0 spiro atoms. The molecule has 0 unspecified atom stereocenters. The van der Waals surface area contributed by atoms with Gasteiger partial charge in [-0.05, 0) is 116 Å². The largest absolute Gasteiger partial charge is 0.481 e. The quantitative estimate of drug-likeness (QED) is 0.0415. The first-order chi connectivity index (χ1) is 29.3. The molecule has 352 valence electrons. The average molecular weight is 986 g/mol. The molecule has 0 atom stereocenters. The van der Waals surface area contributed by atoms with Crippen LogP contribution in [0.4, 0.5) is 0 Å². The molecule has 0 amide bonds. The normalized spacial score (nSPS) is 11.5. The summed E-state index contributed by atoms with van der Waals surface area (Å²) in [5.41, 5.74) is 0. The molecule has 0 aliphatic rings. The van der Waals surface area contributed by atoms with Gasteiger partial charge in [0.15, 0.2) is 0 Å². The third kappa shape index (κ3) is 75.9. The molecule has 0 aliphatic heterocycles. The Morgan fingerprint density at radius 3 is 0.656 bits per heavy atom. The van der Waals surface area contributed by atoms with Crippen molar-refractivity contribution in [3.63, 3.8) is 0 Å². The summed E-state index contributed by atoms with van der Waals surface area (Å²) in [6.45, 7) is 6.70. The fraction of sp³-hybridized carbons (Fsp3) is 0.722. The van der Waals surface area contributed by atoms with Gasteiger partial charge >= 0.3 is 17.9 Å². The van der Waals surface area contributed by atoms with Gasteiger partial charge in [0.25, 0.3) is 0 Å². The Morgan fingerprint density at radius 1 is 0.279 bits per heavy atom. The van der Waals surface area contributed by atoms with Crippen LogP contribution in [0.1, 0.15) is 252 Å². The standard InChI is InChI=1S/3C18H32O2.Nd/c3*1-2-3-4-5-6-7-8-9-10-11-12-13-14-15-16-17-18(19)20;/h3*6-7,9-10H,2-5,8,11-17H2,1H3,(H,19,20);/b3*7-6-,10-9-;. The monoisotopic (exact) mass is 983 g/mol. The minimum atomic E-state index is -0.671. The van der Waals surface area contributed by atoms with Crippen molar-refractivity contribution in [1.82, 2.24) is 0 Å². The van der Waals surface area contributed by atoms with Crippen molar-refractivity contribution >= 4 is 17.9 Å². The van der Waals surface area contributed by atoms with Gasteiger partial charge in [-0.2, -0.15) is 0 Å². The summed E-state index contributed by atoms with van der Waals surface area (Å²) in [7, 11) is 0. The maximum absolute atomic E-state index is 10.3. The molecule has 0 aliphatic carbocycles. The van der Waals surface area contributed by atoms with E-state index in [1.165, 1.54) is 135 Å². The van der Waals surface area contributed by atoms with Crippen LogP contribution in [-0.4, -0.2) is 33.2 Å². The number of allylic oxidation sites excluding steroid dienone is 12. The molecule has 0 fully saturated rings. The summed E-state index contributed by atoms with van der Waals surface area (Å²) >= 11 is 0. The van der Waals surface area contributed by atoms with E-state index < -0.39 is 17.9 Å². The summed E-state index contributed by atoms with van der Waals surface area (Å²) in [6, 6.07) is 0. The summed E-state index contributed by atoms with van der Waals surface area (Å²) in [5, 5.41) is 25.5. The Balaban J connectivity index is -0.000000396. The zero-order chi connectivity index (χ0) is 44.7. The third-order valence-electron chi connectivity index (χ3n) is 10.0. The first-order valence-corrected chi connectivity index (χ1v) is 24.9. The topological polar surface area (TPSA) is 112 Å². The van der Waals surface area contributed by atoms with Crippen LogP contribution in [0.15, 0.2) is 72.9 Å². The van der Waals surface area contributed by atoms with Crippen LogP contribution in [0, 0.1) is 40.8 Å². The van der Waals surface area contributed by atoms with Crippen LogP contribution in [0.25, 0.3) is 0 Å². The van der Waals surface area contributed by atoms with Gasteiger partial charge < -0.3 is 15.3 Å². The van der Waals surface area contributed by atoms with E-state index in [1.807, 2.05) is 0 Å². The molecule has 0 aromatic rings. The summed E-state index contributed by atoms with van der Waals surface area (Å²) in [4.78, 5) is 31.0. The molecular formula is C54H96NdO6. The average Bonchev–Trinajstić information content (AvgIpc) is 3.22. The molecule has 3 N–H and O–H groups in total. The fourth-order valence-corrected chi connectivity index (χ4v) is 6.26. The van der Waals surface area contributed by atoms with E-state index in [0.29, 0.717) is 19.3 Å². The zero-order valence-electron chi connectivity index (χ0n) is 40.0. The number of hydrogen-bond donors (Lipinski definition) is 3. The van der Waals surface area contributed by atoms with Gasteiger partial charge in [-0.25, -0.2) is 0 Å². The smallest absolute Gasteiger partial charge is 0.303 e. The maximum Gasteiger partial charge on any atom is 0.303 e. The van der Waals surface area contributed by atoms with Gasteiger partial charge in [0.05, 0.1) is 0 Å². The SMILES string of the molecule is CCCCC/C=C\C/C=C\CCCCCCCC(=O)O.CCCCC/C=C\C/C=C\CCCCCCCC(=O)O.CCCCC/C=C\C/C=C\CCCCCCCC(=O)O.[Nd]. The first kappa shape index (κ1) is 65.8. The van der Waals surface area contributed by atoms with E-state index in [4.69, 9.17) is 15.3 Å². The van der Waals surface area contributed by atoms with Crippen molar-refractivity contribution in [2.24, 2.45) is 0 Å². The van der Waals surface area contributed by atoms with Crippen LogP contribution in [-0.2, 0) is 14.4 Å². The second-order valence-electron chi connectivity index (χ2n) is 16.1. The van der Waals surface area contributed by atoms with Gasteiger partial charge in [-0.15, -0.1) is 0 Å². The van der Waals surface area contributed by atoms with Crippen molar-refractivity contribution in [2.75, 3.05) is 0 Å². The molecule has 0 bridgehead atoms. The molecule has 0 aromatic carbocycles. The van der Waals surface area contributed by atoms with Gasteiger partial charge in [-0.3, -0.25) is 14.4 Å². The van der Waals surface area contributed by atoms with Gasteiger partial charge in [0, 0.05) is 60.1 Å². The van der Waals surface area contributed by atoms with E-state index >= 15 is 0 Å². The van der Waals surface area contributed by atoms with Crippen LogP contribution in [0.5, 0.6) is 0 Å². The predicted molar refractivity (Wildman–Crippen MR) is 261 cm³/mol. The molecular weight excluding hydrogens is 889 g/mol. The van der Waals surface area contributed by atoms with Crippen LogP contribution < -0.4 is 0 Å². The summed E-state index contributed by atoms with van der Waals surface area (Å²) in [6.07, 6.45) is 66.8. The zero-order valence-corrected chi connectivity index (χ0v) is 43.2. The molecule has 6 nitrogen and oxygen atoms in total. The van der Waals surface area contributed by atoms with Crippen molar-refractivity contribution in [3.05, 3.63) is 72.9 Å². The Bertz CT molecular complexity index is 940. The maximum atomic E-state index is 10.3. The summed E-state index contributed by atoms with van der Waals surface area (Å²) < 4.78 is 0. The Morgan fingerprint density at radius 2 is 0.459 bits per heavy atom. The Labute approximate surface area is 410 Å². The minimum Gasteiger partial charge on any atom is -0.481 e. The van der Waals surface area contributed by atoms with E-state index in [-0.39, 0.29) is 40.8 Å². The Hall–Kier alpha value is -1.80. The molecule has 0 rings (SSSR count). The first-order valence-electron chi connectivity index (χ1n) is 24.9. The van der Waals surface area contributed by atoms with Crippen molar-refractivity contribution in [1.29, 1.82) is 0 Å². The molecule has 0 heterocycles. The third-order valence-corrected chi connectivity index (χ3v) is 10.0. The molecule has 0 radical (unpaired) electrons. The van der Waals surface area contributed by atoms with E-state index in [9.17, 15) is 14.4 Å². The second-order valence-corrected chi connectivity index (χ2v) is 16.1. The number of carbonyl (C=O) groups is 3. The van der Waals surface area contributed by atoms with Crippen LogP contribution >= 0.6 is 0 Å². The number of carboxylic acid groups (broad SMARTS) is 3. The predicted octanol–water partition coefficient (Wildman–Crippen LogP) is 17.7. The number of carboxylic acids is 3. The molecule has 7 heteroatoms. The summed E-state index contributed by atoms with van der Waals surface area (Å²) in [5.74, 6) is -2.01. The Kier molecular flexibility index (Phi) is 67.4. The number of unbranched alkanes of at least 4 members (excludes halogenated alkanes) is 24. The minimum absolute atomic E-state index is 0. The molecule has 0 aromatic heterocycles. The van der Waals surface area contributed by atoms with Gasteiger partial charge in [0.1, 0.15) is 0 Å². The van der Waals surface area contributed by atoms with Crippen molar-refractivity contribution < 1.29 is 70.5 Å².